The quantitative estimate of drug-likeness (QED) is 0.845. The predicted molar refractivity (Wildman–Crippen MR) is 91.9 cm³/mol. The molecule has 1 amide bonds. The maximum atomic E-state index is 12.5. The van der Waals surface area contributed by atoms with Crippen molar-refractivity contribution in [2.45, 2.75) is 25.8 Å². The van der Waals surface area contributed by atoms with Crippen LogP contribution in [-0.4, -0.2) is 24.0 Å². The lowest BCUT2D eigenvalue weighted by Gasteiger charge is -2.24. The van der Waals surface area contributed by atoms with Crippen LogP contribution in [0.4, 0.5) is 0 Å². The van der Waals surface area contributed by atoms with Crippen LogP contribution in [0.5, 0.6) is 0 Å². The summed E-state index contributed by atoms with van der Waals surface area (Å²) in [4.78, 5) is 28.0. The van der Waals surface area contributed by atoms with Crippen LogP contribution in [0.3, 0.4) is 0 Å². The molecule has 1 aromatic heterocycles. The first-order valence-electron chi connectivity index (χ1n) is 7.42. The average Bonchev–Trinajstić information content (AvgIpc) is 2.59. The van der Waals surface area contributed by atoms with E-state index in [0.717, 1.165) is 5.56 Å². The van der Waals surface area contributed by atoms with Gasteiger partial charge >= 0.3 is 5.97 Å². The minimum Gasteiger partial charge on any atom is -0.465 e. The highest BCUT2D eigenvalue weighted by Crippen LogP contribution is 2.25. The monoisotopic (exact) mass is 346 g/mol. The van der Waals surface area contributed by atoms with Crippen LogP contribution in [-0.2, 0) is 21.5 Å². The average molecular weight is 347 g/mol. The van der Waals surface area contributed by atoms with Crippen LogP contribution >= 0.6 is 11.6 Å². The van der Waals surface area contributed by atoms with Crippen molar-refractivity contribution in [2.75, 3.05) is 7.11 Å². The summed E-state index contributed by atoms with van der Waals surface area (Å²) in [6.45, 7) is 3.97. The lowest BCUT2D eigenvalue weighted by molar-refractivity contribution is -0.125. The van der Waals surface area contributed by atoms with Crippen molar-refractivity contribution < 1.29 is 14.3 Å². The fourth-order valence-corrected chi connectivity index (χ4v) is 2.28. The zero-order valence-electron chi connectivity index (χ0n) is 13.8. The first-order valence-corrected chi connectivity index (χ1v) is 7.80. The maximum absolute atomic E-state index is 12.5. The van der Waals surface area contributed by atoms with E-state index in [1.54, 1.807) is 24.3 Å². The highest BCUT2D eigenvalue weighted by Gasteiger charge is 2.29. The van der Waals surface area contributed by atoms with Crippen LogP contribution in [0.1, 0.15) is 35.5 Å². The molecule has 0 aliphatic heterocycles. The van der Waals surface area contributed by atoms with Gasteiger partial charge in [0.05, 0.1) is 30.3 Å². The lowest BCUT2D eigenvalue weighted by Crippen LogP contribution is -2.39. The molecule has 0 aliphatic rings. The molecule has 0 saturated carbocycles. The highest BCUT2D eigenvalue weighted by molar-refractivity contribution is 6.30. The van der Waals surface area contributed by atoms with Gasteiger partial charge in [-0.2, -0.15) is 0 Å². The Kier molecular flexibility index (Phi) is 5.57. The van der Waals surface area contributed by atoms with Gasteiger partial charge < -0.3 is 10.1 Å². The van der Waals surface area contributed by atoms with E-state index >= 15 is 0 Å². The number of aromatic nitrogens is 1. The number of carbonyl (C=O) groups is 2. The van der Waals surface area contributed by atoms with E-state index in [4.69, 9.17) is 11.6 Å². The summed E-state index contributed by atoms with van der Waals surface area (Å²) in [5, 5.41) is 3.49. The molecule has 0 atom stereocenters. The van der Waals surface area contributed by atoms with Gasteiger partial charge in [-0.25, -0.2) is 4.79 Å². The van der Waals surface area contributed by atoms with Crippen molar-refractivity contribution in [3.05, 3.63) is 64.4 Å². The van der Waals surface area contributed by atoms with Crippen LogP contribution in [0.25, 0.3) is 0 Å². The topological polar surface area (TPSA) is 68.3 Å². The molecule has 2 aromatic rings. The molecule has 2 rings (SSSR count). The first kappa shape index (κ1) is 17.9. The standard InChI is InChI=1S/C18H19ClN2O3/c1-18(2,13-5-7-14(19)8-6-13)17(23)21-11-15-9-4-12(10-20-15)16(22)24-3/h4-10H,11H2,1-3H3,(H,21,23). The first-order chi connectivity index (χ1) is 11.3. The highest BCUT2D eigenvalue weighted by atomic mass is 35.5. The number of esters is 1. The Hall–Kier alpha value is -2.40. The third-order valence-corrected chi connectivity index (χ3v) is 4.06. The molecular formula is C18H19ClN2O3. The maximum Gasteiger partial charge on any atom is 0.339 e. The van der Waals surface area contributed by atoms with E-state index < -0.39 is 11.4 Å². The van der Waals surface area contributed by atoms with Gasteiger partial charge in [0, 0.05) is 11.2 Å². The number of methoxy groups -OCH3 is 1. The number of rotatable bonds is 5. The molecule has 1 heterocycles. The minimum absolute atomic E-state index is 0.122. The van der Waals surface area contributed by atoms with Crippen molar-refractivity contribution in [1.29, 1.82) is 0 Å². The number of pyridine rings is 1. The summed E-state index contributed by atoms with van der Waals surface area (Å²) >= 11 is 5.89. The summed E-state index contributed by atoms with van der Waals surface area (Å²) in [6.07, 6.45) is 1.43. The van der Waals surface area contributed by atoms with Crippen molar-refractivity contribution in [1.82, 2.24) is 10.3 Å². The second-order valence-corrected chi connectivity index (χ2v) is 6.28. The van der Waals surface area contributed by atoms with E-state index in [-0.39, 0.29) is 12.5 Å². The number of halogens is 1. The Balaban J connectivity index is 2.01. The molecule has 0 bridgehead atoms. The number of hydrogen-bond acceptors (Lipinski definition) is 4. The summed E-state index contributed by atoms with van der Waals surface area (Å²) in [5.41, 5.74) is 1.20. The van der Waals surface area contributed by atoms with E-state index in [9.17, 15) is 9.59 Å². The number of carbonyl (C=O) groups excluding carboxylic acids is 2. The second-order valence-electron chi connectivity index (χ2n) is 5.84. The smallest absolute Gasteiger partial charge is 0.339 e. The molecule has 5 nitrogen and oxygen atoms in total. The third kappa shape index (κ3) is 4.11. The molecule has 1 aromatic carbocycles. The van der Waals surface area contributed by atoms with E-state index in [2.05, 4.69) is 15.0 Å². The molecule has 24 heavy (non-hydrogen) atoms. The van der Waals surface area contributed by atoms with Gasteiger partial charge in [0.25, 0.3) is 0 Å². The summed E-state index contributed by atoms with van der Waals surface area (Å²) in [5.74, 6) is -0.564. The second kappa shape index (κ2) is 7.45. The molecule has 0 unspecified atom stereocenters. The zero-order valence-corrected chi connectivity index (χ0v) is 14.6. The minimum atomic E-state index is -0.698. The van der Waals surface area contributed by atoms with E-state index in [0.29, 0.717) is 16.3 Å². The Morgan fingerprint density at radius 3 is 2.38 bits per heavy atom. The van der Waals surface area contributed by atoms with Crippen molar-refractivity contribution in [3.8, 4) is 0 Å². The molecule has 0 radical (unpaired) electrons. The molecule has 0 aliphatic carbocycles. The SMILES string of the molecule is COC(=O)c1ccc(CNC(=O)C(C)(C)c2ccc(Cl)cc2)nc1. The largest absolute Gasteiger partial charge is 0.465 e. The summed E-state index contributed by atoms with van der Waals surface area (Å²) in [6, 6.07) is 10.5. The van der Waals surface area contributed by atoms with Crippen molar-refractivity contribution in [3.63, 3.8) is 0 Å². The Bertz CT molecular complexity index is 725. The number of nitrogens with zero attached hydrogens (tertiary/aromatic N) is 1. The molecule has 126 valence electrons. The molecule has 6 heteroatoms. The fourth-order valence-electron chi connectivity index (χ4n) is 2.16. The predicted octanol–water partition coefficient (Wildman–Crippen LogP) is 3.12. The number of benzene rings is 1. The molecule has 0 saturated heterocycles. The lowest BCUT2D eigenvalue weighted by atomic mass is 9.84. The van der Waals surface area contributed by atoms with Gasteiger partial charge in [0.15, 0.2) is 0 Å². The van der Waals surface area contributed by atoms with Gasteiger partial charge in [-0.15, -0.1) is 0 Å². The number of ether oxygens (including phenoxy) is 1. The molecular weight excluding hydrogens is 328 g/mol. The van der Waals surface area contributed by atoms with E-state index in [1.165, 1.54) is 13.3 Å². The zero-order chi connectivity index (χ0) is 17.7. The third-order valence-electron chi connectivity index (χ3n) is 3.81. The van der Waals surface area contributed by atoms with Gasteiger partial charge in [-0.1, -0.05) is 23.7 Å². The summed E-state index contributed by atoms with van der Waals surface area (Å²) < 4.78 is 4.62. The van der Waals surface area contributed by atoms with Gasteiger partial charge in [-0.3, -0.25) is 9.78 Å². The van der Waals surface area contributed by atoms with Crippen molar-refractivity contribution >= 4 is 23.5 Å². The molecule has 0 fully saturated rings. The molecule has 0 spiro atoms. The normalized spacial score (nSPS) is 11.0. The van der Waals surface area contributed by atoms with Crippen LogP contribution in [0, 0.1) is 0 Å². The van der Waals surface area contributed by atoms with Crippen LogP contribution in [0.2, 0.25) is 5.02 Å². The summed E-state index contributed by atoms with van der Waals surface area (Å²) in [7, 11) is 1.31. The number of amides is 1. The van der Waals surface area contributed by atoms with Crippen LogP contribution in [0.15, 0.2) is 42.6 Å². The fraction of sp³-hybridized carbons (Fsp3) is 0.278. The van der Waals surface area contributed by atoms with Crippen LogP contribution < -0.4 is 5.32 Å². The van der Waals surface area contributed by atoms with Gasteiger partial charge in [-0.05, 0) is 43.7 Å². The number of nitrogens with one attached hydrogen (secondary N) is 1. The Labute approximate surface area is 146 Å². The van der Waals surface area contributed by atoms with Gasteiger partial charge in [0.2, 0.25) is 5.91 Å². The Morgan fingerprint density at radius 1 is 1.17 bits per heavy atom. The van der Waals surface area contributed by atoms with Crippen molar-refractivity contribution in [2.24, 2.45) is 0 Å². The van der Waals surface area contributed by atoms with E-state index in [1.807, 2.05) is 26.0 Å². The van der Waals surface area contributed by atoms with Gasteiger partial charge in [0.1, 0.15) is 0 Å². The number of hydrogen-bond donors (Lipinski definition) is 1. The Morgan fingerprint density at radius 2 is 1.83 bits per heavy atom. The molecule has 1 N–H and O–H groups in total.